The van der Waals surface area contributed by atoms with Gasteiger partial charge in [0, 0.05) is 61.1 Å². The molecule has 35 heavy (non-hydrogen) atoms. The highest BCUT2D eigenvalue weighted by atomic mass is 16.2. The lowest BCUT2D eigenvalue weighted by molar-refractivity contribution is 0.0785. The van der Waals surface area contributed by atoms with E-state index in [-0.39, 0.29) is 11.4 Å². The number of nitrogens with zero attached hydrogens (tertiary/aromatic N) is 4. The van der Waals surface area contributed by atoms with E-state index in [4.69, 9.17) is 5.26 Å². The van der Waals surface area contributed by atoms with Crippen LogP contribution in [0.4, 0.5) is 5.69 Å². The molecule has 2 aromatic carbocycles. The van der Waals surface area contributed by atoms with Gasteiger partial charge in [0.05, 0.1) is 23.0 Å². The highest BCUT2D eigenvalue weighted by molar-refractivity contribution is 5.94. The summed E-state index contributed by atoms with van der Waals surface area (Å²) in [5.41, 5.74) is 5.55. The Hall–Kier alpha value is -4.24. The smallest absolute Gasteiger partial charge is 0.253 e. The quantitative estimate of drug-likeness (QED) is 0.415. The van der Waals surface area contributed by atoms with Crippen LogP contribution < -0.4 is 5.32 Å². The number of fused-ring (bicyclic) bond motifs is 3. The fraction of sp³-hybridized carbons (Fsp3) is 0.241. The van der Waals surface area contributed by atoms with Crippen molar-refractivity contribution in [1.29, 1.82) is 5.26 Å². The predicted molar refractivity (Wildman–Crippen MR) is 138 cm³/mol. The van der Waals surface area contributed by atoms with Gasteiger partial charge < -0.3 is 19.4 Å². The Morgan fingerprint density at radius 2 is 1.86 bits per heavy atom. The molecule has 5 rings (SSSR count). The van der Waals surface area contributed by atoms with Crippen molar-refractivity contribution in [3.8, 4) is 17.4 Å². The summed E-state index contributed by atoms with van der Waals surface area (Å²) >= 11 is 0. The maximum absolute atomic E-state index is 13.0. The Morgan fingerprint density at radius 1 is 1.09 bits per heavy atom. The number of aromatic nitrogens is 2. The molecular formula is C29H29N5O. The standard InChI is InChI=1S/C29H29N5O/c1-3-29(14-18-32(2)28(35)23-10-8-22(21-30)9-11-23)20-25-7-6-17-34(25)27-13-12-24(19-26(27)31-29)33-15-4-5-16-33/h4-13,15-17,19,31H,3,14,18,20H2,1-2H3. The minimum absolute atomic E-state index is 0.0342. The summed E-state index contributed by atoms with van der Waals surface area (Å²) in [5.74, 6) is -0.0342. The molecule has 0 saturated carbocycles. The summed E-state index contributed by atoms with van der Waals surface area (Å²) in [6.07, 6.45) is 8.82. The van der Waals surface area contributed by atoms with Gasteiger partial charge in [0.15, 0.2) is 0 Å². The van der Waals surface area contributed by atoms with Crippen molar-refractivity contribution in [2.24, 2.45) is 0 Å². The predicted octanol–water partition coefficient (Wildman–Crippen LogP) is 5.42. The minimum Gasteiger partial charge on any atom is -0.377 e. The average Bonchev–Trinajstić information content (AvgIpc) is 3.57. The van der Waals surface area contributed by atoms with Gasteiger partial charge in [-0.1, -0.05) is 6.92 Å². The minimum atomic E-state index is -0.199. The van der Waals surface area contributed by atoms with Gasteiger partial charge in [0.1, 0.15) is 0 Å². The maximum Gasteiger partial charge on any atom is 0.253 e. The number of hydrogen-bond donors (Lipinski definition) is 1. The number of nitrogens with one attached hydrogen (secondary N) is 1. The second kappa shape index (κ2) is 9.19. The van der Waals surface area contributed by atoms with E-state index < -0.39 is 0 Å². The van der Waals surface area contributed by atoms with Crippen molar-refractivity contribution in [3.05, 3.63) is 102 Å². The van der Waals surface area contributed by atoms with Crippen molar-refractivity contribution in [3.63, 3.8) is 0 Å². The molecule has 1 unspecified atom stereocenters. The second-order valence-electron chi connectivity index (χ2n) is 9.26. The van der Waals surface area contributed by atoms with Crippen LogP contribution in [0.1, 0.15) is 41.4 Å². The van der Waals surface area contributed by atoms with Crippen LogP contribution >= 0.6 is 0 Å². The SMILES string of the molecule is CCC1(CCN(C)C(=O)c2ccc(C#N)cc2)Cc2cccn2-c2ccc(-n3cccc3)cc2N1. The average molecular weight is 464 g/mol. The van der Waals surface area contributed by atoms with E-state index in [1.165, 1.54) is 5.69 Å². The van der Waals surface area contributed by atoms with Crippen LogP contribution in [0.2, 0.25) is 0 Å². The van der Waals surface area contributed by atoms with Gasteiger partial charge in [-0.25, -0.2) is 0 Å². The van der Waals surface area contributed by atoms with Gasteiger partial charge in [-0.2, -0.15) is 5.26 Å². The van der Waals surface area contributed by atoms with Gasteiger partial charge in [0.2, 0.25) is 0 Å². The molecule has 1 aliphatic rings. The van der Waals surface area contributed by atoms with Gasteiger partial charge in [-0.15, -0.1) is 0 Å². The number of carbonyl (C=O) groups is 1. The zero-order valence-electron chi connectivity index (χ0n) is 20.1. The first-order valence-electron chi connectivity index (χ1n) is 12.0. The lowest BCUT2D eigenvalue weighted by Crippen LogP contribution is -2.43. The normalized spacial score (nSPS) is 16.4. The number of carbonyl (C=O) groups excluding carboxylic acids is 1. The number of hydrogen-bond acceptors (Lipinski definition) is 3. The molecule has 2 aromatic heterocycles. The largest absolute Gasteiger partial charge is 0.377 e. The topological polar surface area (TPSA) is 66.0 Å². The summed E-state index contributed by atoms with van der Waals surface area (Å²) in [5, 5.41) is 12.9. The van der Waals surface area contributed by atoms with Crippen LogP contribution in [0, 0.1) is 11.3 Å². The zero-order valence-corrected chi connectivity index (χ0v) is 20.1. The van der Waals surface area contributed by atoms with Gasteiger partial charge in [0.25, 0.3) is 5.91 Å². The summed E-state index contributed by atoms with van der Waals surface area (Å²) in [6.45, 7) is 2.83. The molecule has 0 bridgehead atoms. The molecule has 1 amide bonds. The Bertz CT molecular complexity index is 1380. The zero-order chi connectivity index (χ0) is 24.4. The number of benzene rings is 2. The first kappa shape index (κ1) is 22.5. The van der Waals surface area contributed by atoms with E-state index in [1.807, 2.05) is 19.2 Å². The Balaban J connectivity index is 1.42. The number of anilines is 1. The molecule has 0 aliphatic carbocycles. The highest BCUT2D eigenvalue weighted by Crippen LogP contribution is 2.36. The third-order valence-corrected chi connectivity index (χ3v) is 7.10. The third-order valence-electron chi connectivity index (χ3n) is 7.10. The summed E-state index contributed by atoms with van der Waals surface area (Å²) in [7, 11) is 1.85. The molecule has 0 saturated heterocycles. The van der Waals surface area contributed by atoms with E-state index in [9.17, 15) is 4.79 Å². The summed E-state index contributed by atoms with van der Waals surface area (Å²) < 4.78 is 4.38. The molecule has 6 heteroatoms. The van der Waals surface area contributed by atoms with E-state index in [0.717, 1.165) is 36.3 Å². The fourth-order valence-corrected chi connectivity index (χ4v) is 4.91. The van der Waals surface area contributed by atoms with E-state index in [0.29, 0.717) is 17.7 Å². The molecule has 1 atom stereocenters. The van der Waals surface area contributed by atoms with Gasteiger partial charge in [-0.05, 0) is 79.6 Å². The van der Waals surface area contributed by atoms with Crippen LogP contribution in [0.5, 0.6) is 0 Å². The van der Waals surface area contributed by atoms with Crippen LogP contribution in [0.25, 0.3) is 11.4 Å². The summed E-state index contributed by atoms with van der Waals surface area (Å²) in [4.78, 5) is 14.8. The van der Waals surface area contributed by atoms with Crippen molar-refractivity contribution < 1.29 is 4.79 Å². The Kier molecular flexibility index (Phi) is 5.92. The van der Waals surface area contributed by atoms with Crippen molar-refractivity contribution >= 4 is 11.6 Å². The molecule has 3 heterocycles. The van der Waals surface area contributed by atoms with Crippen molar-refractivity contribution in [1.82, 2.24) is 14.0 Å². The van der Waals surface area contributed by atoms with Crippen LogP contribution in [-0.4, -0.2) is 39.1 Å². The lowest BCUT2D eigenvalue weighted by Gasteiger charge is -2.35. The second-order valence-corrected chi connectivity index (χ2v) is 9.26. The van der Waals surface area contributed by atoms with E-state index in [1.54, 1.807) is 29.2 Å². The lowest BCUT2D eigenvalue weighted by atomic mass is 9.86. The Morgan fingerprint density at radius 3 is 2.57 bits per heavy atom. The number of rotatable bonds is 6. The third kappa shape index (κ3) is 4.33. The number of nitriles is 1. The van der Waals surface area contributed by atoms with Crippen LogP contribution in [-0.2, 0) is 6.42 Å². The van der Waals surface area contributed by atoms with E-state index >= 15 is 0 Å². The molecule has 0 spiro atoms. The van der Waals surface area contributed by atoms with Crippen molar-refractivity contribution in [2.75, 3.05) is 18.9 Å². The van der Waals surface area contributed by atoms with Gasteiger partial charge >= 0.3 is 0 Å². The molecule has 0 fully saturated rings. The molecule has 1 N–H and O–H groups in total. The van der Waals surface area contributed by atoms with Crippen molar-refractivity contribution in [2.45, 2.75) is 31.7 Å². The highest BCUT2D eigenvalue weighted by Gasteiger charge is 2.34. The molecule has 1 aliphatic heterocycles. The molecule has 6 nitrogen and oxygen atoms in total. The molecule has 176 valence electrons. The Labute approximate surface area is 206 Å². The molecule has 4 aromatic rings. The van der Waals surface area contributed by atoms with E-state index in [2.05, 4.69) is 76.4 Å². The van der Waals surface area contributed by atoms with Gasteiger partial charge in [-0.3, -0.25) is 4.79 Å². The first-order valence-corrected chi connectivity index (χ1v) is 12.0. The summed E-state index contributed by atoms with van der Waals surface area (Å²) in [6, 6.07) is 23.8. The number of amides is 1. The van der Waals surface area contributed by atoms with Crippen LogP contribution in [0.3, 0.4) is 0 Å². The monoisotopic (exact) mass is 463 g/mol. The van der Waals surface area contributed by atoms with Crippen LogP contribution in [0.15, 0.2) is 85.3 Å². The first-order chi connectivity index (χ1) is 17.0. The fourth-order valence-electron chi connectivity index (χ4n) is 4.91. The molecule has 0 radical (unpaired) electrons. The maximum atomic E-state index is 13.0. The molecular weight excluding hydrogens is 434 g/mol.